The van der Waals surface area contributed by atoms with Gasteiger partial charge in [-0.25, -0.2) is 4.98 Å². The van der Waals surface area contributed by atoms with Crippen LogP contribution in [-0.2, 0) is 7.05 Å². The summed E-state index contributed by atoms with van der Waals surface area (Å²) in [5, 5.41) is 3.41. The topological polar surface area (TPSA) is 29.9 Å². The Morgan fingerprint density at radius 3 is 3.13 bits per heavy atom. The molecule has 0 aromatic carbocycles. The third-order valence-corrected chi connectivity index (χ3v) is 2.99. The van der Waals surface area contributed by atoms with Crippen molar-refractivity contribution in [3.8, 4) is 12.3 Å². The van der Waals surface area contributed by atoms with E-state index in [4.69, 9.17) is 6.42 Å². The first kappa shape index (κ1) is 12.2. The zero-order chi connectivity index (χ0) is 11.1. The molecule has 0 aliphatic heterocycles. The minimum atomic E-state index is 0.288. The molecule has 0 saturated heterocycles. The molecular weight excluding hydrogens is 206 g/mol. The van der Waals surface area contributed by atoms with E-state index in [-0.39, 0.29) is 6.04 Å². The van der Waals surface area contributed by atoms with Crippen molar-refractivity contribution in [1.29, 1.82) is 0 Å². The zero-order valence-corrected chi connectivity index (χ0v) is 10.0. The van der Waals surface area contributed by atoms with Gasteiger partial charge in [-0.15, -0.1) is 18.2 Å². The quantitative estimate of drug-likeness (QED) is 0.584. The number of imidazole rings is 1. The van der Waals surface area contributed by atoms with Gasteiger partial charge in [0, 0.05) is 31.7 Å². The van der Waals surface area contributed by atoms with Gasteiger partial charge >= 0.3 is 0 Å². The van der Waals surface area contributed by atoms with Gasteiger partial charge < -0.3 is 9.88 Å². The number of aromatic nitrogens is 2. The second-order valence-corrected chi connectivity index (χ2v) is 4.43. The summed E-state index contributed by atoms with van der Waals surface area (Å²) in [7, 11) is 2.01. The van der Waals surface area contributed by atoms with Crippen molar-refractivity contribution in [1.82, 2.24) is 14.9 Å². The molecule has 0 aliphatic carbocycles. The highest BCUT2D eigenvalue weighted by atomic mass is 32.2. The third kappa shape index (κ3) is 3.98. The summed E-state index contributed by atoms with van der Waals surface area (Å²) in [5.74, 6) is 5.51. The molecule has 1 rings (SSSR count). The number of rotatable bonds is 6. The van der Waals surface area contributed by atoms with Crippen molar-refractivity contribution in [2.75, 3.05) is 18.1 Å². The van der Waals surface area contributed by atoms with E-state index in [1.807, 2.05) is 24.0 Å². The molecule has 0 bridgehead atoms. The highest BCUT2D eigenvalue weighted by molar-refractivity contribution is 7.99. The van der Waals surface area contributed by atoms with Gasteiger partial charge in [-0.05, 0) is 6.92 Å². The Kier molecular flexibility index (Phi) is 5.30. The van der Waals surface area contributed by atoms with Crippen LogP contribution in [0.25, 0.3) is 0 Å². The summed E-state index contributed by atoms with van der Waals surface area (Å²) in [6, 6.07) is 0.288. The van der Waals surface area contributed by atoms with Crippen LogP contribution in [0.2, 0.25) is 0 Å². The van der Waals surface area contributed by atoms with Crippen molar-refractivity contribution in [2.45, 2.75) is 13.0 Å². The summed E-state index contributed by atoms with van der Waals surface area (Å²) < 4.78 is 2.03. The van der Waals surface area contributed by atoms with Crippen LogP contribution < -0.4 is 5.32 Å². The van der Waals surface area contributed by atoms with E-state index in [2.05, 4.69) is 23.1 Å². The molecular formula is C11H17N3S. The van der Waals surface area contributed by atoms with E-state index in [1.165, 1.54) is 0 Å². The molecule has 1 N–H and O–H groups in total. The lowest BCUT2D eigenvalue weighted by Gasteiger charge is -2.13. The van der Waals surface area contributed by atoms with Crippen LogP contribution in [0.4, 0.5) is 0 Å². The van der Waals surface area contributed by atoms with Gasteiger partial charge in [0.1, 0.15) is 5.82 Å². The lowest BCUT2D eigenvalue weighted by molar-refractivity contribution is 0.550. The Morgan fingerprint density at radius 1 is 1.73 bits per heavy atom. The zero-order valence-electron chi connectivity index (χ0n) is 9.23. The van der Waals surface area contributed by atoms with Crippen LogP contribution in [-0.4, -0.2) is 27.6 Å². The summed E-state index contributed by atoms with van der Waals surface area (Å²) in [5.41, 5.74) is 0. The predicted octanol–water partition coefficient (Wildman–Crippen LogP) is 1.44. The SMILES string of the molecule is C#CCSCCNC(C)c1nccn1C. The molecule has 1 unspecified atom stereocenters. The van der Waals surface area contributed by atoms with Gasteiger partial charge in [-0.3, -0.25) is 0 Å². The molecule has 82 valence electrons. The molecule has 0 fully saturated rings. The maximum atomic E-state index is 5.16. The van der Waals surface area contributed by atoms with Gasteiger partial charge in [-0.2, -0.15) is 0 Å². The molecule has 0 amide bonds. The highest BCUT2D eigenvalue weighted by Gasteiger charge is 2.08. The molecule has 4 heteroatoms. The van der Waals surface area contributed by atoms with Crippen LogP contribution in [0, 0.1) is 12.3 Å². The maximum absolute atomic E-state index is 5.16. The number of nitrogens with zero attached hydrogens (tertiary/aromatic N) is 2. The third-order valence-electron chi connectivity index (χ3n) is 2.13. The largest absolute Gasteiger partial charge is 0.337 e. The van der Waals surface area contributed by atoms with E-state index >= 15 is 0 Å². The van der Waals surface area contributed by atoms with Crippen molar-refractivity contribution in [3.05, 3.63) is 18.2 Å². The molecule has 1 atom stereocenters. The second-order valence-electron chi connectivity index (χ2n) is 3.33. The van der Waals surface area contributed by atoms with Gasteiger partial charge in [0.15, 0.2) is 0 Å². The van der Waals surface area contributed by atoms with E-state index < -0.39 is 0 Å². The molecule has 3 nitrogen and oxygen atoms in total. The van der Waals surface area contributed by atoms with Crippen LogP contribution >= 0.6 is 11.8 Å². The van der Waals surface area contributed by atoms with Crippen LogP contribution in [0.3, 0.4) is 0 Å². The van der Waals surface area contributed by atoms with Crippen LogP contribution in [0.1, 0.15) is 18.8 Å². The molecule has 0 aliphatic rings. The Hall–Kier alpha value is -0.920. The monoisotopic (exact) mass is 223 g/mol. The molecule has 1 aromatic heterocycles. The normalized spacial score (nSPS) is 12.3. The average molecular weight is 223 g/mol. The number of aryl methyl sites for hydroxylation is 1. The van der Waals surface area contributed by atoms with Gasteiger partial charge in [0.05, 0.1) is 11.8 Å². The summed E-state index contributed by atoms with van der Waals surface area (Å²) in [6.45, 7) is 3.08. The Balaban J connectivity index is 2.23. The van der Waals surface area contributed by atoms with Gasteiger partial charge in [0.25, 0.3) is 0 Å². The first-order valence-electron chi connectivity index (χ1n) is 4.97. The smallest absolute Gasteiger partial charge is 0.125 e. The standard InChI is InChI=1S/C11H17N3S/c1-4-8-15-9-6-12-10(2)11-13-5-7-14(11)3/h1,5,7,10,12H,6,8-9H2,2-3H3. The predicted molar refractivity (Wildman–Crippen MR) is 65.8 cm³/mol. The fourth-order valence-corrected chi connectivity index (χ4v) is 1.89. The maximum Gasteiger partial charge on any atom is 0.125 e. The van der Waals surface area contributed by atoms with Gasteiger partial charge in [0.2, 0.25) is 0 Å². The average Bonchev–Trinajstić information content (AvgIpc) is 2.64. The minimum absolute atomic E-state index is 0.288. The number of hydrogen-bond acceptors (Lipinski definition) is 3. The number of nitrogens with one attached hydrogen (secondary N) is 1. The second kappa shape index (κ2) is 6.54. The molecule has 0 saturated carbocycles. The first-order valence-corrected chi connectivity index (χ1v) is 6.13. The number of terminal acetylenes is 1. The minimum Gasteiger partial charge on any atom is -0.337 e. The van der Waals surface area contributed by atoms with Crippen molar-refractivity contribution in [3.63, 3.8) is 0 Å². The number of hydrogen-bond donors (Lipinski definition) is 1. The van der Waals surface area contributed by atoms with Crippen molar-refractivity contribution >= 4 is 11.8 Å². The summed E-state index contributed by atoms with van der Waals surface area (Å²) in [4.78, 5) is 4.29. The molecule has 0 radical (unpaired) electrons. The van der Waals surface area contributed by atoms with Gasteiger partial charge in [-0.1, -0.05) is 5.92 Å². The first-order chi connectivity index (χ1) is 7.25. The molecule has 1 heterocycles. The lowest BCUT2D eigenvalue weighted by Crippen LogP contribution is -2.23. The highest BCUT2D eigenvalue weighted by Crippen LogP contribution is 2.08. The summed E-state index contributed by atoms with van der Waals surface area (Å²) in [6.07, 6.45) is 8.94. The summed E-state index contributed by atoms with van der Waals surface area (Å²) >= 11 is 1.77. The Bertz CT molecular complexity index is 327. The fraction of sp³-hybridized carbons (Fsp3) is 0.545. The number of thioether (sulfide) groups is 1. The van der Waals surface area contributed by atoms with E-state index in [9.17, 15) is 0 Å². The Labute approximate surface area is 95.7 Å². The molecule has 15 heavy (non-hydrogen) atoms. The van der Waals surface area contributed by atoms with E-state index in [0.717, 1.165) is 23.9 Å². The van der Waals surface area contributed by atoms with Crippen molar-refractivity contribution < 1.29 is 0 Å². The lowest BCUT2D eigenvalue weighted by atomic mass is 10.3. The fourth-order valence-electron chi connectivity index (χ4n) is 1.36. The van der Waals surface area contributed by atoms with Crippen LogP contribution in [0.15, 0.2) is 12.4 Å². The molecule has 1 aromatic rings. The Morgan fingerprint density at radius 2 is 2.53 bits per heavy atom. The van der Waals surface area contributed by atoms with E-state index in [1.54, 1.807) is 11.8 Å². The molecule has 0 spiro atoms. The van der Waals surface area contributed by atoms with Crippen LogP contribution in [0.5, 0.6) is 0 Å². The van der Waals surface area contributed by atoms with E-state index in [0.29, 0.717) is 0 Å². The van der Waals surface area contributed by atoms with Crippen molar-refractivity contribution in [2.24, 2.45) is 7.05 Å².